The minimum atomic E-state index is 0.0289. The van der Waals surface area contributed by atoms with Crippen LogP contribution in [0.25, 0.3) is 49.7 Å². The number of aromatic nitrogens is 1. The maximum Gasteiger partial charge on any atom is 0.0541 e. The van der Waals surface area contributed by atoms with E-state index in [0.717, 1.165) is 0 Å². The van der Waals surface area contributed by atoms with E-state index in [-0.39, 0.29) is 5.41 Å². The van der Waals surface area contributed by atoms with Crippen molar-refractivity contribution < 1.29 is 0 Å². The van der Waals surface area contributed by atoms with Gasteiger partial charge in [0.25, 0.3) is 0 Å². The van der Waals surface area contributed by atoms with Crippen molar-refractivity contribution >= 4 is 37.7 Å². The molecule has 0 saturated carbocycles. The normalized spacial score (nSPS) is 16.0. The van der Waals surface area contributed by atoms with E-state index in [1.54, 1.807) is 0 Å². The van der Waals surface area contributed by atoms with Crippen molar-refractivity contribution in [3.63, 3.8) is 0 Å². The van der Waals surface area contributed by atoms with Crippen LogP contribution in [0.3, 0.4) is 0 Å². The molecular formula is C38H34BrN. The highest BCUT2D eigenvalue weighted by Crippen LogP contribution is 2.53. The van der Waals surface area contributed by atoms with E-state index in [1.165, 1.54) is 97.5 Å². The number of unbranched alkanes of at least 4 members (excludes halogenated alkanes) is 3. The van der Waals surface area contributed by atoms with Gasteiger partial charge in [0.15, 0.2) is 0 Å². The lowest BCUT2D eigenvalue weighted by Gasteiger charge is -2.28. The van der Waals surface area contributed by atoms with Crippen LogP contribution in [0.2, 0.25) is 0 Å². The number of para-hydroxylation sites is 2. The van der Waals surface area contributed by atoms with Gasteiger partial charge in [-0.1, -0.05) is 122 Å². The van der Waals surface area contributed by atoms with Gasteiger partial charge in [0.1, 0.15) is 0 Å². The van der Waals surface area contributed by atoms with Crippen LogP contribution >= 0.6 is 15.9 Å². The van der Waals surface area contributed by atoms with Gasteiger partial charge in [-0.15, -0.1) is 0 Å². The molecule has 0 fully saturated rings. The molecule has 7 rings (SSSR count). The summed E-state index contributed by atoms with van der Waals surface area (Å²) in [7, 11) is 0. The van der Waals surface area contributed by atoms with Gasteiger partial charge in [0, 0.05) is 26.3 Å². The highest BCUT2D eigenvalue weighted by atomic mass is 79.9. The van der Waals surface area contributed by atoms with E-state index in [4.69, 9.17) is 0 Å². The van der Waals surface area contributed by atoms with Crippen LogP contribution in [0.1, 0.15) is 57.1 Å². The first-order chi connectivity index (χ1) is 19.6. The van der Waals surface area contributed by atoms with Crippen molar-refractivity contribution in [1.29, 1.82) is 0 Å². The second-order valence-electron chi connectivity index (χ2n) is 11.5. The molecule has 1 atom stereocenters. The predicted octanol–water partition coefficient (Wildman–Crippen LogP) is 11.5. The van der Waals surface area contributed by atoms with E-state index in [2.05, 4.69) is 144 Å². The lowest BCUT2D eigenvalue weighted by molar-refractivity contribution is 0.487. The average Bonchev–Trinajstić information content (AvgIpc) is 3.45. The van der Waals surface area contributed by atoms with Crippen LogP contribution in [-0.2, 0) is 5.41 Å². The Morgan fingerprint density at radius 3 is 1.90 bits per heavy atom. The second-order valence-corrected chi connectivity index (χ2v) is 12.4. The van der Waals surface area contributed by atoms with Gasteiger partial charge in [-0.3, -0.25) is 0 Å². The summed E-state index contributed by atoms with van der Waals surface area (Å²) in [5, 5.41) is 2.59. The predicted molar refractivity (Wildman–Crippen MR) is 175 cm³/mol. The van der Waals surface area contributed by atoms with Gasteiger partial charge < -0.3 is 4.57 Å². The zero-order valence-corrected chi connectivity index (χ0v) is 24.8. The van der Waals surface area contributed by atoms with E-state index in [1.807, 2.05) is 0 Å². The summed E-state index contributed by atoms with van der Waals surface area (Å²) >= 11 is 3.76. The summed E-state index contributed by atoms with van der Waals surface area (Å²) in [6.45, 7) is 4.75. The first kappa shape index (κ1) is 25.4. The molecular weight excluding hydrogens is 550 g/mol. The first-order valence-corrected chi connectivity index (χ1v) is 15.4. The summed E-state index contributed by atoms with van der Waals surface area (Å²) in [5.41, 5.74) is 12.0. The monoisotopic (exact) mass is 583 g/mol. The third kappa shape index (κ3) is 4.04. The number of rotatable bonds is 7. The Kier molecular flexibility index (Phi) is 6.40. The van der Waals surface area contributed by atoms with Crippen molar-refractivity contribution in [3.05, 3.63) is 125 Å². The van der Waals surface area contributed by atoms with Gasteiger partial charge in [0.2, 0.25) is 0 Å². The Bertz CT molecular complexity index is 1810. The first-order valence-electron chi connectivity index (χ1n) is 14.6. The zero-order chi connectivity index (χ0) is 27.3. The number of benzene rings is 5. The van der Waals surface area contributed by atoms with Crippen molar-refractivity contribution in [1.82, 2.24) is 4.57 Å². The Morgan fingerprint density at radius 2 is 1.23 bits per heavy atom. The Hall–Kier alpha value is -3.62. The van der Waals surface area contributed by atoms with Crippen LogP contribution in [0.15, 0.2) is 114 Å². The molecule has 5 aromatic carbocycles. The molecule has 1 aromatic heterocycles. The minimum Gasteiger partial charge on any atom is -0.309 e. The molecule has 40 heavy (non-hydrogen) atoms. The number of hydrogen-bond acceptors (Lipinski definition) is 0. The van der Waals surface area contributed by atoms with Crippen molar-refractivity contribution in [2.45, 2.75) is 51.4 Å². The molecule has 0 bridgehead atoms. The Balaban J connectivity index is 1.29. The van der Waals surface area contributed by atoms with Crippen LogP contribution in [-0.4, -0.2) is 4.57 Å². The van der Waals surface area contributed by atoms with Crippen LogP contribution in [0, 0.1) is 0 Å². The maximum absolute atomic E-state index is 3.76. The smallest absolute Gasteiger partial charge is 0.0541 e. The highest BCUT2D eigenvalue weighted by Gasteiger charge is 2.39. The molecule has 0 aliphatic heterocycles. The molecule has 6 aromatic rings. The standard InChI is InChI=1S/C38H34BrN/c1-3-4-5-10-23-38(2)34-24-27(17-21-30(34)31-22-18-28(39)25-35(31)38)26-15-19-29(20-16-26)40-36-13-8-6-11-32(36)33-12-7-9-14-37(33)40/h6-9,11-22,24-25H,3-5,10,23H2,1-2H3. The van der Waals surface area contributed by atoms with E-state index >= 15 is 0 Å². The number of hydrogen-bond donors (Lipinski definition) is 0. The number of nitrogens with zero attached hydrogens (tertiary/aromatic N) is 1. The van der Waals surface area contributed by atoms with E-state index in [9.17, 15) is 0 Å². The van der Waals surface area contributed by atoms with Crippen molar-refractivity contribution in [2.75, 3.05) is 0 Å². The molecule has 1 heterocycles. The maximum atomic E-state index is 3.76. The lowest BCUT2D eigenvalue weighted by Crippen LogP contribution is -2.20. The fraction of sp³-hybridized carbons (Fsp3) is 0.211. The van der Waals surface area contributed by atoms with Gasteiger partial charge in [-0.2, -0.15) is 0 Å². The second kappa shape index (κ2) is 10.1. The topological polar surface area (TPSA) is 4.93 Å². The van der Waals surface area contributed by atoms with E-state index < -0.39 is 0 Å². The number of halogens is 1. The average molecular weight is 585 g/mol. The lowest BCUT2D eigenvalue weighted by atomic mass is 9.75. The fourth-order valence-corrected chi connectivity index (χ4v) is 7.31. The highest BCUT2D eigenvalue weighted by molar-refractivity contribution is 9.10. The van der Waals surface area contributed by atoms with Crippen LogP contribution < -0.4 is 0 Å². The summed E-state index contributed by atoms with van der Waals surface area (Å²) in [4.78, 5) is 0. The molecule has 1 nitrogen and oxygen atoms in total. The SMILES string of the molecule is CCCCCCC1(C)c2cc(Br)ccc2-c2ccc(-c3ccc(-n4c5ccccc5c5ccccc54)cc3)cc21. The number of fused-ring (bicyclic) bond motifs is 6. The van der Waals surface area contributed by atoms with Gasteiger partial charge in [0.05, 0.1) is 11.0 Å². The quantitative estimate of drug-likeness (QED) is 0.165. The molecule has 2 heteroatoms. The summed E-state index contributed by atoms with van der Waals surface area (Å²) in [5.74, 6) is 0. The molecule has 0 amide bonds. The molecule has 0 saturated heterocycles. The third-order valence-electron chi connectivity index (χ3n) is 9.05. The molecule has 1 unspecified atom stereocenters. The van der Waals surface area contributed by atoms with Gasteiger partial charge in [-0.05, 0) is 82.3 Å². The molecule has 198 valence electrons. The molecule has 0 spiro atoms. The Morgan fingerprint density at radius 1 is 0.625 bits per heavy atom. The van der Waals surface area contributed by atoms with E-state index in [0.29, 0.717) is 0 Å². The molecule has 1 aliphatic carbocycles. The third-order valence-corrected chi connectivity index (χ3v) is 9.54. The molecule has 1 aliphatic rings. The largest absolute Gasteiger partial charge is 0.309 e. The summed E-state index contributed by atoms with van der Waals surface area (Å²) in [6.07, 6.45) is 6.32. The zero-order valence-electron chi connectivity index (χ0n) is 23.3. The fourth-order valence-electron chi connectivity index (χ4n) is 6.95. The van der Waals surface area contributed by atoms with Gasteiger partial charge in [-0.25, -0.2) is 0 Å². The van der Waals surface area contributed by atoms with Crippen molar-refractivity contribution in [3.8, 4) is 27.9 Å². The Labute approximate surface area is 245 Å². The van der Waals surface area contributed by atoms with Crippen LogP contribution in [0.5, 0.6) is 0 Å². The van der Waals surface area contributed by atoms with Gasteiger partial charge >= 0.3 is 0 Å². The minimum absolute atomic E-state index is 0.0289. The molecule has 0 N–H and O–H groups in total. The molecule has 0 radical (unpaired) electrons. The summed E-state index contributed by atoms with van der Waals surface area (Å²) < 4.78 is 3.55. The summed E-state index contributed by atoms with van der Waals surface area (Å²) in [6, 6.07) is 40.5. The van der Waals surface area contributed by atoms with Crippen molar-refractivity contribution in [2.24, 2.45) is 0 Å². The van der Waals surface area contributed by atoms with Crippen LogP contribution in [0.4, 0.5) is 0 Å².